The van der Waals surface area contributed by atoms with Crippen molar-refractivity contribution >= 4 is 8.32 Å². The molecule has 2 nitrogen and oxygen atoms in total. The first-order valence-electron chi connectivity index (χ1n) is 12.0. The normalized spacial score (nSPS) is 11.4. The van der Waals surface area contributed by atoms with Gasteiger partial charge in [0.25, 0.3) is 0 Å². The van der Waals surface area contributed by atoms with Crippen LogP contribution in [0.4, 0.5) is 0 Å². The van der Waals surface area contributed by atoms with Gasteiger partial charge < -0.3 is 9.16 Å². The van der Waals surface area contributed by atoms with E-state index in [0.29, 0.717) is 6.61 Å². The fourth-order valence-electron chi connectivity index (χ4n) is 3.75. The van der Waals surface area contributed by atoms with Gasteiger partial charge in [-0.25, -0.2) is 0 Å². The van der Waals surface area contributed by atoms with Gasteiger partial charge in [0, 0.05) is 0 Å². The van der Waals surface area contributed by atoms with Crippen LogP contribution >= 0.6 is 0 Å². The van der Waals surface area contributed by atoms with Crippen molar-refractivity contribution in [1.29, 1.82) is 0 Å². The Morgan fingerprint density at radius 2 is 1.17 bits per heavy atom. The van der Waals surface area contributed by atoms with Crippen molar-refractivity contribution in [2.24, 2.45) is 0 Å². The molecule has 0 amide bonds. The number of hydrogen-bond acceptors (Lipinski definition) is 2. The van der Waals surface area contributed by atoms with Gasteiger partial charge in [0.1, 0.15) is 18.1 Å². The lowest BCUT2D eigenvalue weighted by molar-refractivity contribution is 0.306. The van der Waals surface area contributed by atoms with Crippen molar-refractivity contribution in [3.63, 3.8) is 0 Å². The lowest BCUT2D eigenvalue weighted by Gasteiger charge is -2.24. The fourth-order valence-corrected chi connectivity index (χ4v) is 5.73. The lowest BCUT2D eigenvalue weighted by atomic mass is 10.1. The predicted octanol–water partition coefficient (Wildman–Crippen LogP) is 8.77. The zero-order chi connectivity index (χ0) is 21.5. The zero-order valence-electron chi connectivity index (χ0n) is 19.5. The first-order chi connectivity index (χ1) is 14.6. The topological polar surface area (TPSA) is 18.5 Å². The van der Waals surface area contributed by atoms with Gasteiger partial charge in [-0.2, -0.15) is 0 Å². The molecule has 0 aliphatic heterocycles. The highest BCUT2D eigenvalue weighted by atomic mass is 28.4. The minimum Gasteiger partial charge on any atom is -0.544 e. The largest absolute Gasteiger partial charge is 0.544 e. The molecule has 0 unspecified atom stereocenters. The summed E-state index contributed by atoms with van der Waals surface area (Å²) < 4.78 is 12.3. The summed E-state index contributed by atoms with van der Waals surface area (Å²) in [6.07, 6.45) is 13.9. The molecule has 0 aliphatic carbocycles. The third kappa shape index (κ3) is 10.9. The van der Waals surface area contributed by atoms with Crippen LogP contribution in [0.1, 0.15) is 76.7 Å². The smallest absolute Gasteiger partial charge is 0.245 e. The molecular formula is C27H42O2Si. The summed E-state index contributed by atoms with van der Waals surface area (Å²) in [7, 11) is -1.66. The molecule has 0 fully saturated rings. The Bertz CT molecular complexity index is 667. The molecule has 0 radical (unpaired) electrons. The van der Waals surface area contributed by atoms with Gasteiger partial charge in [0.15, 0.2) is 0 Å². The average Bonchev–Trinajstić information content (AvgIpc) is 2.75. The molecule has 30 heavy (non-hydrogen) atoms. The van der Waals surface area contributed by atoms with Crippen LogP contribution in [0.15, 0.2) is 54.6 Å². The monoisotopic (exact) mass is 426 g/mol. The Morgan fingerprint density at radius 1 is 0.633 bits per heavy atom. The van der Waals surface area contributed by atoms with E-state index in [2.05, 4.69) is 32.2 Å². The molecule has 0 N–H and O–H groups in total. The zero-order valence-corrected chi connectivity index (χ0v) is 20.5. The van der Waals surface area contributed by atoms with Gasteiger partial charge in [0.2, 0.25) is 8.32 Å². The number of benzene rings is 2. The van der Waals surface area contributed by atoms with E-state index in [-0.39, 0.29) is 0 Å². The maximum Gasteiger partial charge on any atom is 0.245 e. The van der Waals surface area contributed by atoms with Crippen molar-refractivity contribution < 1.29 is 9.16 Å². The fraction of sp³-hybridized carbons (Fsp3) is 0.556. The maximum absolute atomic E-state index is 6.39. The van der Waals surface area contributed by atoms with Crippen LogP contribution in [0.2, 0.25) is 19.1 Å². The first-order valence-corrected chi connectivity index (χ1v) is 15.2. The summed E-state index contributed by atoms with van der Waals surface area (Å²) in [6.45, 7) is 7.55. The molecule has 0 atom stereocenters. The van der Waals surface area contributed by atoms with Crippen LogP contribution in [0, 0.1) is 0 Å². The van der Waals surface area contributed by atoms with E-state index in [0.717, 1.165) is 11.5 Å². The van der Waals surface area contributed by atoms with E-state index < -0.39 is 8.32 Å². The Kier molecular flexibility index (Phi) is 11.7. The number of unbranched alkanes of at least 4 members (excludes halogenated alkanes) is 9. The van der Waals surface area contributed by atoms with Gasteiger partial charge in [-0.15, -0.1) is 0 Å². The molecule has 0 aliphatic rings. The van der Waals surface area contributed by atoms with Crippen LogP contribution < -0.4 is 9.16 Å². The van der Waals surface area contributed by atoms with E-state index in [1.165, 1.54) is 75.8 Å². The molecule has 2 rings (SSSR count). The number of ether oxygens (including phenoxy) is 1. The Hall–Kier alpha value is -1.74. The molecular weight excluding hydrogens is 384 g/mol. The van der Waals surface area contributed by atoms with Crippen LogP contribution in [0.25, 0.3) is 0 Å². The molecule has 2 aromatic rings. The van der Waals surface area contributed by atoms with Crippen LogP contribution in [-0.4, -0.2) is 8.32 Å². The van der Waals surface area contributed by atoms with Gasteiger partial charge in [-0.1, -0.05) is 101 Å². The Labute approximate surface area is 186 Å². The van der Waals surface area contributed by atoms with E-state index in [1.54, 1.807) is 0 Å². The predicted molar refractivity (Wildman–Crippen MR) is 132 cm³/mol. The number of rotatable bonds is 16. The average molecular weight is 427 g/mol. The molecule has 0 spiro atoms. The summed E-state index contributed by atoms with van der Waals surface area (Å²) >= 11 is 0. The summed E-state index contributed by atoms with van der Waals surface area (Å²) in [5.74, 6) is 1.87. The van der Waals surface area contributed by atoms with Gasteiger partial charge >= 0.3 is 0 Å². The second-order valence-electron chi connectivity index (χ2n) is 9.04. The van der Waals surface area contributed by atoms with Gasteiger partial charge in [0.05, 0.1) is 0 Å². The Morgan fingerprint density at radius 3 is 1.77 bits per heavy atom. The summed E-state index contributed by atoms with van der Waals surface area (Å²) in [5, 5.41) is 0. The van der Waals surface area contributed by atoms with Crippen molar-refractivity contribution in [3.05, 3.63) is 60.2 Å². The minimum absolute atomic E-state index is 0.597. The summed E-state index contributed by atoms with van der Waals surface area (Å²) in [5.41, 5.74) is 1.18. The maximum atomic E-state index is 6.39. The van der Waals surface area contributed by atoms with Crippen LogP contribution in [-0.2, 0) is 6.61 Å². The highest BCUT2D eigenvalue weighted by Crippen LogP contribution is 2.24. The van der Waals surface area contributed by atoms with E-state index >= 15 is 0 Å². The van der Waals surface area contributed by atoms with Crippen LogP contribution in [0.5, 0.6) is 11.5 Å². The van der Waals surface area contributed by atoms with E-state index in [4.69, 9.17) is 9.16 Å². The highest BCUT2D eigenvalue weighted by molar-refractivity contribution is 6.71. The SMILES string of the molecule is CCCCCCCCCCCC[Si](C)(C)Oc1ccc(OCc2ccccc2)cc1. The third-order valence-corrected chi connectivity index (χ3v) is 7.94. The van der Waals surface area contributed by atoms with Crippen molar-refractivity contribution in [2.45, 2.75) is 96.9 Å². The quantitative estimate of drug-likeness (QED) is 0.197. The lowest BCUT2D eigenvalue weighted by Crippen LogP contribution is -2.33. The van der Waals surface area contributed by atoms with Crippen molar-refractivity contribution in [2.75, 3.05) is 0 Å². The summed E-state index contributed by atoms with van der Waals surface area (Å²) in [4.78, 5) is 0. The minimum atomic E-state index is -1.66. The third-order valence-electron chi connectivity index (χ3n) is 5.60. The Balaban J connectivity index is 1.59. The number of hydrogen-bond donors (Lipinski definition) is 0. The molecule has 0 saturated carbocycles. The standard InChI is InChI=1S/C27H42O2Si/c1-4-5-6-7-8-9-10-11-12-16-23-30(2,3)29-27-21-19-26(20-22-27)28-24-25-17-14-13-15-18-25/h13-15,17-22H,4-12,16,23-24H2,1-3H3. The first kappa shape index (κ1) is 24.5. The summed E-state index contributed by atoms with van der Waals surface area (Å²) in [6, 6.07) is 19.6. The molecule has 166 valence electrons. The van der Waals surface area contributed by atoms with Crippen molar-refractivity contribution in [1.82, 2.24) is 0 Å². The molecule has 0 aromatic heterocycles. The highest BCUT2D eigenvalue weighted by Gasteiger charge is 2.23. The second-order valence-corrected chi connectivity index (χ2v) is 13.3. The molecule has 0 bridgehead atoms. The van der Waals surface area contributed by atoms with E-state index in [9.17, 15) is 0 Å². The van der Waals surface area contributed by atoms with Gasteiger partial charge in [-0.05, 0) is 49.0 Å². The molecule has 2 aromatic carbocycles. The van der Waals surface area contributed by atoms with Gasteiger partial charge in [-0.3, -0.25) is 0 Å². The second kappa shape index (κ2) is 14.3. The molecule has 0 saturated heterocycles. The van der Waals surface area contributed by atoms with E-state index in [1.807, 2.05) is 42.5 Å². The molecule has 0 heterocycles. The van der Waals surface area contributed by atoms with Crippen LogP contribution in [0.3, 0.4) is 0 Å². The van der Waals surface area contributed by atoms with Crippen molar-refractivity contribution in [3.8, 4) is 11.5 Å². The molecule has 3 heteroatoms.